The van der Waals surface area contributed by atoms with Gasteiger partial charge < -0.3 is 13.7 Å². The molecule has 220 valence electrons. The molecule has 0 atom stereocenters. The number of nitrogens with zero attached hydrogens (tertiary/aromatic N) is 3. The van der Waals surface area contributed by atoms with Crippen LogP contribution < -0.4 is 0 Å². The fourth-order valence-corrected chi connectivity index (χ4v) is 7.55. The molecule has 3 aromatic heterocycles. The molecule has 0 spiro atoms. The standard InChI is InChI=1S/C44H29N3/c1-3-11-30(12-4-1)32-20-25-38-36-15-7-9-17-40(36)46(42(38)29-32)34-21-23-35(24-22-34)47-41-18-10-8-16-37(41)39-26-19-31-27-28-45(43(31)44(39)47)33-13-5-2-6-14-33/h1-29H. The van der Waals surface area contributed by atoms with Gasteiger partial charge in [-0.1, -0.05) is 109 Å². The van der Waals surface area contributed by atoms with Gasteiger partial charge in [-0.05, 0) is 71.8 Å². The molecule has 0 saturated heterocycles. The first-order valence-electron chi connectivity index (χ1n) is 16.1. The Bertz CT molecular complexity index is 2760. The molecule has 0 unspecified atom stereocenters. The molecule has 3 heterocycles. The minimum Gasteiger partial charge on any atom is -0.315 e. The minimum absolute atomic E-state index is 1.14. The number of aromatic nitrogens is 3. The van der Waals surface area contributed by atoms with Crippen LogP contribution in [0.5, 0.6) is 0 Å². The summed E-state index contributed by atoms with van der Waals surface area (Å²) in [7, 11) is 0. The highest BCUT2D eigenvalue weighted by molar-refractivity contribution is 6.18. The number of hydrogen-bond donors (Lipinski definition) is 0. The van der Waals surface area contributed by atoms with E-state index in [0.29, 0.717) is 0 Å². The smallest absolute Gasteiger partial charge is 0.0788 e. The quantitative estimate of drug-likeness (QED) is 0.191. The fourth-order valence-electron chi connectivity index (χ4n) is 7.55. The van der Waals surface area contributed by atoms with E-state index >= 15 is 0 Å². The lowest BCUT2D eigenvalue weighted by molar-refractivity contribution is 1.11. The van der Waals surface area contributed by atoms with Crippen LogP contribution in [0.2, 0.25) is 0 Å². The highest BCUT2D eigenvalue weighted by Gasteiger charge is 2.19. The van der Waals surface area contributed by atoms with Gasteiger partial charge in [0.05, 0.1) is 27.6 Å². The summed E-state index contributed by atoms with van der Waals surface area (Å²) in [6.45, 7) is 0. The summed E-state index contributed by atoms with van der Waals surface area (Å²) in [6, 6.07) is 61.5. The number of rotatable bonds is 4. The van der Waals surface area contributed by atoms with E-state index in [9.17, 15) is 0 Å². The summed E-state index contributed by atoms with van der Waals surface area (Å²) >= 11 is 0. The van der Waals surface area contributed by atoms with E-state index in [2.05, 4.69) is 190 Å². The summed E-state index contributed by atoms with van der Waals surface area (Å²) < 4.78 is 7.17. The average molecular weight is 600 g/mol. The maximum absolute atomic E-state index is 2.44. The highest BCUT2D eigenvalue weighted by Crippen LogP contribution is 2.39. The molecular formula is C44H29N3. The van der Waals surface area contributed by atoms with Crippen molar-refractivity contribution in [3.63, 3.8) is 0 Å². The first-order chi connectivity index (χ1) is 23.3. The molecule has 7 aromatic carbocycles. The van der Waals surface area contributed by atoms with Gasteiger partial charge in [0, 0.05) is 50.2 Å². The molecule has 10 rings (SSSR count). The van der Waals surface area contributed by atoms with Crippen molar-refractivity contribution in [1.82, 2.24) is 13.7 Å². The van der Waals surface area contributed by atoms with Gasteiger partial charge in [0.1, 0.15) is 0 Å². The summed E-state index contributed by atoms with van der Waals surface area (Å²) in [5.74, 6) is 0. The van der Waals surface area contributed by atoms with Gasteiger partial charge in [-0.2, -0.15) is 0 Å². The van der Waals surface area contributed by atoms with Crippen molar-refractivity contribution in [2.75, 3.05) is 0 Å². The maximum atomic E-state index is 2.44. The van der Waals surface area contributed by atoms with Crippen LogP contribution in [-0.2, 0) is 0 Å². The average Bonchev–Trinajstić information content (AvgIpc) is 3.82. The molecule has 3 nitrogen and oxygen atoms in total. The molecule has 0 amide bonds. The van der Waals surface area contributed by atoms with Gasteiger partial charge in [0.2, 0.25) is 0 Å². The molecule has 3 heteroatoms. The lowest BCUT2D eigenvalue weighted by Gasteiger charge is -2.14. The molecule has 10 aromatic rings. The second kappa shape index (κ2) is 10.1. The van der Waals surface area contributed by atoms with E-state index in [0.717, 1.165) is 17.1 Å². The third kappa shape index (κ3) is 3.87. The van der Waals surface area contributed by atoms with Gasteiger partial charge in [0.15, 0.2) is 0 Å². The van der Waals surface area contributed by atoms with E-state index in [-0.39, 0.29) is 0 Å². The van der Waals surface area contributed by atoms with E-state index in [1.165, 1.54) is 65.6 Å². The molecule has 0 saturated carbocycles. The summed E-state index contributed by atoms with van der Waals surface area (Å²) in [5, 5.41) is 6.25. The third-order valence-corrected chi connectivity index (χ3v) is 9.67. The lowest BCUT2D eigenvalue weighted by Crippen LogP contribution is -1.99. The van der Waals surface area contributed by atoms with Gasteiger partial charge in [-0.15, -0.1) is 0 Å². The van der Waals surface area contributed by atoms with Crippen molar-refractivity contribution in [2.24, 2.45) is 0 Å². The monoisotopic (exact) mass is 599 g/mol. The lowest BCUT2D eigenvalue weighted by atomic mass is 10.0. The fraction of sp³-hybridized carbons (Fsp3) is 0. The Kier molecular flexibility index (Phi) is 5.57. The maximum Gasteiger partial charge on any atom is 0.0788 e. The van der Waals surface area contributed by atoms with Crippen LogP contribution in [0.4, 0.5) is 0 Å². The van der Waals surface area contributed by atoms with Gasteiger partial charge >= 0.3 is 0 Å². The van der Waals surface area contributed by atoms with Gasteiger partial charge in [0.25, 0.3) is 0 Å². The summed E-state index contributed by atoms with van der Waals surface area (Å²) in [5.41, 5.74) is 11.9. The van der Waals surface area contributed by atoms with Gasteiger partial charge in [-0.3, -0.25) is 0 Å². The van der Waals surface area contributed by atoms with E-state index in [4.69, 9.17) is 0 Å². The molecule has 0 aliphatic heterocycles. The minimum atomic E-state index is 1.14. The van der Waals surface area contributed by atoms with Crippen LogP contribution >= 0.6 is 0 Å². The normalized spacial score (nSPS) is 11.8. The first-order valence-corrected chi connectivity index (χ1v) is 16.1. The van der Waals surface area contributed by atoms with Crippen molar-refractivity contribution < 1.29 is 0 Å². The van der Waals surface area contributed by atoms with Crippen LogP contribution in [0.25, 0.3) is 82.7 Å². The Morgan fingerprint density at radius 3 is 1.64 bits per heavy atom. The molecule has 0 N–H and O–H groups in total. The predicted octanol–water partition coefficient (Wildman–Crippen LogP) is 11.5. The zero-order valence-corrected chi connectivity index (χ0v) is 25.6. The Labute approximate surface area is 271 Å². The van der Waals surface area contributed by atoms with Crippen LogP contribution in [0, 0.1) is 0 Å². The van der Waals surface area contributed by atoms with Crippen molar-refractivity contribution in [1.29, 1.82) is 0 Å². The van der Waals surface area contributed by atoms with E-state index in [1.807, 2.05) is 0 Å². The van der Waals surface area contributed by atoms with E-state index < -0.39 is 0 Å². The molecule has 0 bridgehead atoms. The largest absolute Gasteiger partial charge is 0.315 e. The highest BCUT2D eigenvalue weighted by atomic mass is 15.0. The van der Waals surface area contributed by atoms with Gasteiger partial charge in [-0.25, -0.2) is 0 Å². The molecule has 0 aliphatic carbocycles. The number of hydrogen-bond acceptors (Lipinski definition) is 0. The molecular weight excluding hydrogens is 571 g/mol. The van der Waals surface area contributed by atoms with E-state index in [1.54, 1.807) is 0 Å². The zero-order chi connectivity index (χ0) is 30.9. The third-order valence-electron chi connectivity index (χ3n) is 9.67. The van der Waals surface area contributed by atoms with Crippen molar-refractivity contribution in [3.8, 4) is 28.2 Å². The molecule has 47 heavy (non-hydrogen) atoms. The van der Waals surface area contributed by atoms with Crippen molar-refractivity contribution >= 4 is 54.5 Å². The second-order valence-electron chi connectivity index (χ2n) is 12.2. The van der Waals surface area contributed by atoms with Crippen molar-refractivity contribution in [3.05, 3.63) is 176 Å². The zero-order valence-electron chi connectivity index (χ0n) is 25.6. The SMILES string of the molecule is c1ccc(-c2ccc3c4ccccc4n(-c4ccc(-n5c6ccccc6c6ccc7ccn(-c8ccccc8)c7c65)cc4)c3c2)cc1. The summed E-state index contributed by atoms with van der Waals surface area (Å²) in [4.78, 5) is 0. The number of fused-ring (bicyclic) bond motifs is 8. The van der Waals surface area contributed by atoms with Crippen LogP contribution in [-0.4, -0.2) is 13.7 Å². The Hall–Kier alpha value is -6.32. The van der Waals surface area contributed by atoms with Crippen LogP contribution in [0.15, 0.2) is 176 Å². The van der Waals surface area contributed by atoms with Crippen molar-refractivity contribution in [2.45, 2.75) is 0 Å². The first kappa shape index (κ1) is 26.0. The van der Waals surface area contributed by atoms with Crippen LogP contribution in [0.3, 0.4) is 0 Å². The number of para-hydroxylation sites is 3. The Morgan fingerprint density at radius 1 is 0.319 bits per heavy atom. The molecule has 0 radical (unpaired) electrons. The Morgan fingerprint density at radius 2 is 0.894 bits per heavy atom. The molecule has 0 fully saturated rings. The summed E-state index contributed by atoms with van der Waals surface area (Å²) in [6.07, 6.45) is 2.19. The number of benzene rings is 7. The Balaban J connectivity index is 1.21. The second-order valence-corrected chi connectivity index (χ2v) is 12.2. The van der Waals surface area contributed by atoms with Crippen LogP contribution in [0.1, 0.15) is 0 Å². The predicted molar refractivity (Wildman–Crippen MR) is 197 cm³/mol. The topological polar surface area (TPSA) is 14.8 Å². The molecule has 0 aliphatic rings.